The van der Waals surface area contributed by atoms with E-state index in [1.807, 2.05) is 24.3 Å². The van der Waals surface area contributed by atoms with E-state index in [0.29, 0.717) is 5.13 Å². The van der Waals surface area contributed by atoms with Crippen LogP contribution in [0.25, 0.3) is 10.2 Å². The Morgan fingerprint density at radius 1 is 1.31 bits per heavy atom. The SMILES string of the molecule is O=C(Nc1nc2ccccc2s1)C(Cl)(Cl)Cl. The lowest BCUT2D eigenvalue weighted by atomic mass is 10.3. The van der Waals surface area contributed by atoms with Gasteiger partial charge in [-0.25, -0.2) is 4.98 Å². The molecule has 1 N–H and O–H groups in total. The second-order valence-corrected chi connectivity index (χ2v) is 6.25. The molecule has 0 aliphatic rings. The monoisotopic (exact) mass is 294 g/mol. The van der Waals surface area contributed by atoms with Gasteiger partial charge >= 0.3 is 0 Å². The van der Waals surface area contributed by atoms with E-state index in [2.05, 4.69) is 10.3 Å². The maximum absolute atomic E-state index is 11.4. The number of halogens is 3. The number of benzene rings is 1. The van der Waals surface area contributed by atoms with Gasteiger partial charge in [-0.1, -0.05) is 58.3 Å². The number of carbonyl (C=O) groups excluding carboxylic acids is 1. The maximum Gasteiger partial charge on any atom is 0.278 e. The zero-order chi connectivity index (χ0) is 11.8. The van der Waals surface area contributed by atoms with Crippen molar-refractivity contribution in [3.63, 3.8) is 0 Å². The number of rotatable bonds is 1. The number of amides is 1. The first-order chi connectivity index (χ1) is 7.47. The molecule has 1 aromatic carbocycles. The van der Waals surface area contributed by atoms with Gasteiger partial charge in [-0.2, -0.15) is 0 Å². The number of hydrogen-bond acceptors (Lipinski definition) is 3. The molecule has 3 nitrogen and oxygen atoms in total. The number of carbonyl (C=O) groups is 1. The molecule has 0 spiro atoms. The minimum Gasteiger partial charge on any atom is -0.298 e. The van der Waals surface area contributed by atoms with Crippen LogP contribution in [-0.4, -0.2) is 14.7 Å². The van der Waals surface area contributed by atoms with E-state index in [0.717, 1.165) is 10.2 Å². The van der Waals surface area contributed by atoms with E-state index in [1.54, 1.807) is 0 Å². The fourth-order valence-corrected chi connectivity index (χ4v) is 2.10. The van der Waals surface area contributed by atoms with Gasteiger partial charge in [0, 0.05) is 0 Å². The number of nitrogens with zero attached hydrogens (tertiary/aromatic N) is 1. The summed E-state index contributed by atoms with van der Waals surface area (Å²) in [6.45, 7) is 0. The number of thiazole rings is 1. The zero-order valence-electron chi connectivity index (χ0n) is 7.71. The third-order valence-corrected chi connectivity index (χ3v) is 3.24. The summed E-state index contributed by atoms with van der Waals surface area (Å²) >= 11 is 17.6. The molecule has 0 saturated heterocycles. The topological polar surface area (TPSA) is 42.0 Å². The Hall–Kier alpha value is -0.550. The van der Waals surface area contributed by atoms with Crippen LogP contribution in [0.5, 0.6) is 0 Å². The molecule has 16 heavy (non-hydrogen) atoms. The molecule has 1 amide bonds. The molecule has 0 aliphatic carbocycles. The van der Waals surface area contributed by atoms with Crippen LogP contribution in [0, 0.1) is 0 Å². The van der Waals surface area contributed by atoms with Crippen molar-refractivity contribution in [2.75, 3.05) is 5.32 Å². The van der Waals surface area contributed by atoms with Crippen molar-refractivity contribution in [3.05, 3.63) is 24.3 Å². The van der Waals surface area contributed by atoms with E-state index >= 15 is 0 Å². The van der Waals surface area contributed by atoms with Gasteiger partial charge in [0.15, 0.2) is 5.13 Å². The van der Waals surface area contributed by atoms with E-state index in [-0.39, 0.29) is 0 Å². The van der Waals surface area contributed by atoms with Crippen molar-refractivity contribution < 1.29 is 4.79 Å². The Kier molecular flexibility index (Phi) is 3.26. The van der Waals surface area contributed by atoms with Gasteiger partial charge in [0.2, 0.25) is 0 Å². The van der Waals surface area contributed by atoms with Crippen molar-refractivity contribution in [3.8, 4) is 0 Å². The van der Waals surface area contributed by atoms with Crippen LogP contribution in [-0.2, 0) is 4.79 Å². The van der Waals surface area contributed by atoms with Gasteiger partial charge in [0.1, 0.15) is 0 Å². The smallest absolute Gasteiger partial charge is 0.278 e. The first-order valence-corrected chi connectivity index (χ1v) is 6.15. The van der Waals surface area contributed by atoms with Crippen molar-refractivity contribution in [2.24, 2.45) is 0 Å². The summed E-state index contributed by atoms with van der Waals surface area (Å²) in [6.07, 6.45) is 0. The molecule has 84 valence electrons. The summed E-state index contributed by atoms with van der Waals surface area (Å²) in [5.74, 6) is -0.712. The van der Waals surface area contributed by atoms with Crippen molar-refractivity contribution in [2.45, 2.75) is 3.79 Å². The summed E-state index contributed by atoms with van der Waals surface area (Å²) in [6, 6.07) is 7.50. The number of alkyl halides is 3. The van der Waals surface area contributed by atoms with Crippen LogP contribution in [0.15, 0.2) is 24.3 Å². The number of fused-ring (bicyclic) bond motifs is 1. The second kappa shape index (κ2) is 4.37. The van der Waals surface area contributed by atoms with Crippen LogP contribution in [0.3, 0.4) is 0 Å². The largest absolute Gasteiger partial charge is 0.298 e. The molecule has 1 aromatic heterocycles. The summed E-state index contributed by atoms with van der Waals surface area (Å²) in [5.41, 5.74) is 0.798. The zero-order valence-corrected chi connectivity index (χ0v) is 10.8. The molecule has 0 saturated carbocycles. The lowest BCUT2D eigenvalue weighted by Crippen LogP contribution is -2.26. The summed E-state index contributed by atoms with van der Waals surface area (Å²) in [4.78, 5) is 15.5. The van der Waals surface area contributed by atoms with Gasteiger partial charge in [0.05, 0.1) is 10.2 Å². The molecular formula is C9H5Cl3N2OS. The van der Waals surface area contributed by atoms with E-state index < -0.39 is 9.70 Å². The summed E-state index contributed by atoms with van der Waals surface area (Å²) in [7, 11) is 0. The number of nitrogens with one attached hydrogen (secondary N) is 1. The van der Waals surface area contributed by atoms with Gasteiger partial charge in [-0.05, 0) is 12.1 Å². The van der Waals surface area contributed by atoms with Gasteiger partial charge in [0.25, 0.3) is 9.70 Å². The number of hydrogen-bond donors (Lipinski definition) is 1. The third-order valence-electron chi connectivity index (χ3n) is 1.77. The highest BCUT2D eigenvalue weighted by atomic mass is 35.6. The molecular weight excluding hydrogens is 291 g/mol. The molecule has 1 heterocycles. The molecule has 0 aliphatic heterocycles. The minimum absolute atomic E-state index is 0.414. The third kappa shape index (κ3) is 2.58. The first-order valence-electron chi connectivity index (χ1n) is 4.20. The average molecular weight is 296 g/mol. The molecule has 0 unspecified atom stereocenters. The van der Waals surface area contributed by atoms with Crippen molar-refractivity contribution in [1.82, 2.24) is 4.98 Å². The van der Waals surface area contributed by atoms with Crippen molar-refractivity contribution >= 4 is 67.4 Å². The molecule has 7 heteroatoms. The minimum atomic E-state index is -1.97. The number of para-hydroxylation sites is 1. The summed E-state index contributed by atoms with van der Waals surface area (Å²) < 4.78 is -1.01. The maximum atomic E-state index is 11.4. The van der Waals surface area contributed by atoms with Gasteiger partial charge in [-0.15, -0.1) is 0 Å². The normalized spacial score (nSPS) is 11.7. The van der Waals surface area contributed by atoms with Crippen LogP contribution in [0.2, 0.25) is 0 Å². The summed E-state index contributed by atoms with van der Waals surface area (Å²) in [5, 5.41) is 2.86. The molecule has 0 bridgehead atoms. The van der Waals surface area contributed by atoms with Crippen LogP contribution >= 0.6 is 46.1 Å². The fourth-order valence-electron chi connectivity index (χ4n) is 1.09. The molecule has 0 fully saturated rings. The van der Waals surface area contributed by atoms with E-state index in [1.165, 1.54) is 11.3 Å². The van der Waals surface area contributed by atoms with Crippen LogP contribution < -0.4 is 5.32 Å². The average Bonchev–Trinajstić information content (AvgIpc) is 2.58. The lowest BCUT2D eigenvalue weighted by molar-refractivity contribution is -0.115. The van der Waals surface area contributed by atoms with Gasteiger partial charge in [-0.3, -0.25) is 10.1 Å². The number of anilines is 1. The van der Waals surface area contributed by atoms with Gasteiger partial charge < -0.3 is 0 Å². The van der Waals surface area contributed by atoms with E-state index in [9.17, 15) is 4.79 Å². The van der Waals surface area contributed by atoms with Crippen LogP contribution in [0.1, 0.15) is 0 Å². The highest BCUT2D eigenvalue weighted by molar-refractivity contribution is 7.22. The molecule has 2 aromatic rings. The Balaban J connectivity index is 2.25. The predicted octanol–water partition coefficient (Wildman–Crippen LogP) is 3.61. The lowest BCUT2D eigenvalue weighted by Gasteiger charge is -2.08. The standard InChI is InChI=1S/C9H5Cl3N2OS/c10-9(11,12)7(15)14-8-13-5-3-1-2-4-6(5)16-8/h1-4H,(H,13,14,15). The second-order valence-electron chi connectivity index (χ2n) is 2.94. The molecule has 2 rings (SSSR count). The Bertz CT molecular complexity index is 502. The Morgan fingerprint density at radius 3 is 2.62 bits per heavy atom. The number of aromatic nitrogens is 1. The molecule has 0 atom stereocenters. The van der Waals surface area contributed by atoms with Crippen molar-refractivity contribution in [1.29, 1.82) is 0 Å². The highest BCUT2D eigenvalue weighted by Gasteiger charge is 2.31. The quantitative estimate of drug-likeness (QED) is 0.817. The Labute approximate surface area is 110 Å². The van der Waals surface area contributed by atoms with Crippen LogP contribution in [0.4, 0.5) is 5.13 Å². The molecule has 0 radical (unpaired) electrons. The Morgan fingerprint density at radius 2 is 2.00 bits per heavy atom. The first kappa shape index (κ1) is 11.9. The fraction of sp³-hybridized carbons (Fsp3) is 0.111. The highest BCUT2D eigenvalue weighted by Crippen LogP contribution is 2.30. The van der Waals surface area contributed by atoms with E-state index in [4.69, 9.17) is 34.8 Å². The predicted molar refractivity (Wildman–Crippen MR) is 68.5 cm³/mol.